The standard InChI is InChI=1S/C33H46FN7O4/c1-4-27(42)38-29(33(45)40-16-6-7-23(35)18-40)19(3)22-12-13-25(24(34)17-22)37-32(44)30(28(20-8-9-20)21-10-11-21)39-31(43)26-14-15-36-41(26)5-2/h12-15,17,19-21,23,28-30H,4-11,16,18,35H2,1-3H3,(H,37,44)(H,38,42)(H,39,43)/t19-,23-,29+,30-/m0/s1. The fraction of sp³-hybridized carbons (Fsp3) is 0.606. The van der Waals surface area contributed by atoms with Crippen molar-refractivity contribution in [3.05, 3.63) is 47.5 Å². The van der Waals surface area contributed by atoms with E-state index in [9.17, 15) is 19.2 Å². The van der Waals surface area contributed by atoms with Gasteiger partial charge >= 0.3 is 0 Å². The first-order valence-electron chi connectivity index (χ1n) is 16.4. The molecule has 4 amide bonds. The third-order valence-corrected chi connectivity index (χ3v) is 9.49. The van der Waals surface area contributed by atoms with Crippen molar-refractivity contribution in [2.75, 3.05) is 18.4 Å². The summed E-state index contributed by atoms with van der Waals surface area (Å²) in [6, 6.07) is 4.23. The van der Waals surface area contributed by atoms with E-state index < -0.39 is 29.7 Å². The number of benzene rings is 1. The minimum absolute atomic E-state index is 0.0124. The predicted octanol–water partition coefficient (Wildman–Crippen LogP) is 3.16. The van der Waals surface area contributed by atoms with Crippen molar-refractivity contribution in [1.29, 1.82) is 0 Å². The van der Waals surface area contributed by atoms with Crippen LogP contribution in [0.1, 0.15) is 87.7 Å². The maximum atomic E-state index is 15.6. The van der Waals surface area contributed by atoms with Crippen molar-refractivity contribution >= 4 is 29.3 Å². The summed E-state index contributed by atoms with van der Waals surface area (Å²) in [5.41, 5.74) is 6.97. The molecule has 45 heavy (non-hydrogen) atoms. The number of hydrogen-bond acceptors (Lipinski definition) is 6. The molecule has 1 aliphatic heterocycles. The Bertz CT molecular complexity index is 1390. The Hall–Kier alpha value is -3.80. The topological polar surface area (TPSA) is 151 Å². The first-order valence-corrected chi connectivity index (χ1v) is 16.4. The van der Waals surface area contributed by atoms with Crippen LogP contribution in [0.3, 0.4) is 0 Å². The molecule has 0 spiro atoms. The lowest BCUT2D eigenvalue weighted by Gasteiger charge is -2.35. The molecule has 0 radical (unpaired) electrons. The zero-order valence-corrected chi connectivity index (χ0v) is 26.4. The van der Waals surface area contributed by atoms with Crippen LogP contribution in [0.2, 0.25) is 0 Å². The molecule has 11 nitrogen and oxygen atoms in total. The van der Waals surface area contributed by atoms with Gasteiger partial charge in [-0.3, -0.25) is 23.9 Å². The SMILES string of the molecule is CCC(=O)N[C@@H](C(=O)N1CCC[C@H](N)C1)[C@@H](C)c1ccc(NC(=O)[C@@H](NC(=O)c2ccnn2CC)C(C2CC2)C2CC2)c(F)c1. The number of nitrogens with two attached hydrogens (primary N) is 1. The Balaban J connectivity index is 1.34. The molecule has 2 saturated carbocycles. The molecule has 0 unspecified atom stereocenters. The van der Waals surface area contributed by atoms with Crippen LogP contribution < -0.4 is 21.7 Å². The maximum Gasteiger partial charge on any atom is 0.270 e. The molecule has 12 heteroatoms. The van der Waals surface area contributed by atoms with Crippen LogP contribution in [0.15, 0.2) is 30.5 Å². The molecule has 3 aliphatic rings. The molecule has 5 rings (SSSR count). The van der Waals surface area contributed by atoms with Gasteiger partial charge in [0, 0.05) is 44.2 Å². The first-order chi connectivity index (χ1) is 21.6. The highest BCUT2D eigenvalue weighted by molar-refractivity contribution is 6.01. The minimum Gasteiger partial charge on any atom is -0.344 e. The van der Waals surface area contributed by atoms with Crippen molar-refractivity contribution in [2.45, 2.75) is 96.3 Å². The first kappa shape index (κ1) is 32.6. The van der Waals surface area contributed by atoms with Gasteiger partial charge in [0.1, 0.15) is 23.6 Å². The second-order valence-corrected chi connectivity index (χ2v) is 12.8. The normalized spacial score (nSPS) is 20.3. The molecule has 0 bridgehead atoms. The zero-order chi connectivity index (χ0) is 32.2. The van der Waals surface area contributed by atoms with Gasteiger partial charge in [0.15, 0.2) is 0 Å². The number of anilines is 1. The quantitative estimate of drug-likeness (QED) is 0.269. The van der Waals surface area contributed by atoms with E-state index in [0.29, 0.717) is 42.7 Å². The average molecular weight is 624 g/mol. The van der Waals surface area contributed by atoms with E-state index in [2.05, 4.69) is 21.0 Å². The highest BCUT2D eigenvalue weighted by Crippen LogP contribution is 2.51. The summed E-state index contributed by atoms with van der Waals surface area (Å²) >= 11 is 0. The number of amides is 4. The molecule has 1 aromatic carbocycles. The molecular weight excluding hydrogens is 577 g/mol. The molecule has 4 atom stereocenters. The number of rotatable bonds is 13. The number of nitrogens with zero attached hydrogens (tertiary/aromatic N) is 3. The van der Waals surface area contributed by atoms with Gasteiger partial charge in [-0.15, -0.1) is 0 Å². The highest BCUT2D eigenvalue weighted by Gasteiger charge is 2.48. The van der Waals surface area contributed by atoms with Gasteiger partial charge < -0.3 is 26.6 Å². The van der Waals surface area contributed by atoms with Crippen molar-refractivity contribution in [3.8, 4) is 0 Å². The second kappa shape index (κ2) is 14.1. The minimum atomic E-state index is -0.892. The van der Waals surface area contributed by atoms with Gasteiger partial charge in [0.2, 0.25) is 17.7 Å². The number of nitrogens with one attached hydrogen (secondary N) is 3. The van der Waals surface area contributed by atoms with E-state index in [-0.39, 0.29) is 41.8 Å². The van der Waals surface area contributed by atoms with Gasteiger partial charge in [0.05, 0.1) is 5.69 Å². The number of halogens is 1. The van der Waals surface area contributed by atoms with E-state index in [0.717, 1.165) is 38.5 Å². The molecule has 3 fully saturated rings. The smallest absolute Gasteiger partial charge is 0.270 e. The van der Waals surface area contributed by atoms with Crippen LogP contribution >= 0.6 is 0 Å². The monoisotopic (exact) mass is 623 g/mol. The Morgan fingerprint density at radius 2 is 1.73 bits per heavy atom. The summed E-state index contributed by atoms with van der Waals surface area (Å²) in [4.78, 5) is 54.7. The Kier molecular flexibility index (Phi) is 10.2. The van der Waals surface area contributed by atoms with E-state index >= 15 is 4.39 Å². The van der Waals surface area contributed by atoms with Gasteiger partial charge in [-0.1, -0.05) is 19.9 Å². The summed E-state index contributed by atoms with van der Waals surface area (Å²) in [6.07, 6.45) is 7.40. The van der Waals surface area contributed by atoms with Crippen LogP contribution in [0.4, 0.5) is 10.1 Å². The number of carbonyl (C=O) groups excluding carboxylic acids is 4. The largest absolute Gasteiger partial charge is 0.344 e. The third-order valence-electron chi connectivity index (χ3n) is 9.49. The van der Waals surface area contributed by atoms with Crippen LogP contribution in [0.25, 0.3) is 0 Å². The number of likely N-dealkylation sites (tertiary alicyclic amines) is 1. The van der Waals surface area contributed by atoms with Gasteiger partial charge in [-0.25, -0.2) is 4.39 Å². The van der Waals surface area contributed by atoms with E-state index in [1.807, 2.05) is 6.92 Å². The third kappa shape index (κ3) is 7.71. The lowest BCUT2D eigenvalue weighted by Crippen LogP contribution is -2.55. The van der Waals surface area contributed by atoms with Crippen molar-refractivity contribution in [3.63, 3.8) is 0 Å². The molecule has 2 heterocycles. The summed E-state index contributed by atoms with van der Waals surface area (Å²) in [6.45, 7) is 6.84. The van der Waals surface area contributed by atoms with Crippen LogP contribution in [0, 0.1) is 23.6 Å². The highest BCUT2D eigenvalue weighted by atomic mass is 19.1. The fourth-order valence-electron chi connectivity index (χ4n) is 6.62. The van der Waals surface area contributed by atoms with Crippen molar-refractivity contribution < 1.29 is 23.6 Å². The Morgan fingerprint density at radius 1 is 1.02 bits per heavy atom. The van der Waals surface area contributed by atoms with Crippen LogP contribution in [-0.2, 0) is 20.9 Å². The zero-order valence-electron chi connectivity index (χ0n) is 26.4. The van der Waals surface area contributed by atoms with Crippen LogP contribution in [-0.4, -0.2) is 69.5 Å². The summed E-state index contributed by atoms with van der Waals surface area (Å²) in [5.74, 6) is -1.90. The summed E-state index contributed by atoms with van der Waals surface area (Å²) < 4.78 is 17.2. The van der Waals surface area contributed by atoms with Gasteiger partial charge in [0.25, 0.3) is 5.91 Å². The number of aromatic nitrogens is 2. The predicted molar refractivity (Wildman–Crippen MR) is 168 cm³/mol. The van der Waals surface area contributed by atoms with Crippen LogP contribution in [0.5, 0.6) is 0 Å². The van der Waals surface area contributed by atoms with E-state index in [4.69, 9.17) is 5.73 Å². The van der Waals surface area contributed by atoms with E-state index in [1.54, 1.807) is 41.8 Å². The molecule has 1 saturated heterocycles. The van der Waals surface area contributed by atoms with Gasteiger partial charge in [-0.2, -0.15) is 5.10 Å². The summed E-state index contributed by atoms with van der Waals surface area (Å²) in [7, 11) is 0. The Morgan fingerprint density at radius 3 is 2.33 bits per heavy atom. The number of carbonyl (C=O) groups is 4. The fourth-order valence-corrected chi connectivity index (χ4v) is 6.62. The number of aryl methyl sites for hydroxylation is 1. The molecular formula is C33H46FN7O4. The molecule has 244 valence electrons. The van der Waals surface area contributed by atoms with Crippen molar-refractivity contribution in [1.82, 2.24) is 25.3 Å². The van der Waals surface area contributed by atoms with Gasteiger partial charge in [-0.05, 0) is 87.0 Å². The molecule has 2 aliphatic carbocycles. The molecule has 1 aromatic heterocycles. The average Bonchev–Trinajstić information content (AvgIpc) is 3.98. The lowest BCUT2D eigenvalue weighted by molar-refractivity contribution is -0.138. The van der Waals surface area contributed by atoms with Crippen molar-refractivity contribution in [2.24, 2.45) is 23.5 Å². The maximum absolute atomic E-state index is 15.6. The Labute approximate surface area is 263 Å². The lowest BCUT2D eigenvalue weighted by atomic mass is 9.88. The number of hydrogen-bond donors (Lipinski definition) is 4. The molecule has 2 aromatic rings. The second-order valence-electron chi connectivity index (χ2n) is 12.8. The summed E-state index contributed by atoms with van der Waals surface area (Å²) in [5, 5.41) is 12.7. The van der Waals surface area contributed by atoms with E-state index in [1.165, 1.54) is 12.1 Å². The molecule has 5 N–H and O–H groups in total. The number of piperidine rings is 1.